The zero-order chi connectivity index (χ0) is 14.5. The molecule has 0 saturated carbocycles. The Bertz CT molecular complexity index is 515. The Hall–Kier alpha value is -0.950. The number of hydrogen-bond donors (Lipinski definition) is 2. The average molecular weight is 286 g/mol. The van der Waals surface area contributed by atoms with Crippen LogP contribution in [0.25, 0.3) is 0 Å². The van der Waals surface area contributed by atoms with Crippen molar-refractivity contribution in [2.45, 2.75) is 38.3 Å². The molecule has 3 N–H and O–H groups in total. The van der Waals surface area contributed by atoms with E-state index in [1.54, 1.807) is 25.1 Å². The fourth-order valence-corrected chi connectivity index (χ4v) is 3.04. The third-order valence-electron chi connectivity index (χ3n) is 2.77. The van der Waals surface area contributed by atoms with Crippen molar-refractivity contribution >= 4 is 10.0 Å². The lowest BCUT2D eigenvalue weighted by Gasteiger charge is -2.15. The van der Waals surface area contributed by atoms with Gasteiger partial charge in [0.05, 0.1) is 11.5 Å². The van der Waals surface area contributed by atoms with Crippen LogP contribution >= 0.6 is 0 Å². The van der Waals surface area contributed by atoms with Gasteiger partial charge in [-0.25, -0.2) is 13.1 Å². The summed E-state index contributed by atoms with van der Waals surface area (Å²) in [5, 5.41) is 0. The second kappa shape index (κ2) is 7.00. The molecule has 0 amide bonds. The molecule has 1 rings (SSSR count). The van der Waals surface area contributed by atoms with Crippen molar-refractivity contribution in [1.82, 2.24) is 4.72 Å². The lowest BCUT2D eigenvalue weighted by atomic mass is 10.1. The van der Waals surface area contributed by atoms with Gasteiger partial charge in [0.15, 0.2) is 0 Å². The Morgan fingerprint density at radius 2 is 2.11 bits per heavy atom. The summed E-state index contributed by atoms with van der Waals surface area (Å²) in [5.41, 5.74) is 7.39. The lowest BCUT2D eigenvalue weighted by molar-refractivity contribution is 0.133. The molecule has 0 fully saturated rings. The molecule has 1 aromatic carbocycles. The lowest BCUT2D eigenvalue weighted by Crippen LogP contribution is -2.35. The van der Waals surface area contributed by atoms with Gasteiger partial charge < -0.3 is 10.5 Å². The summed E-state index contributed by atoms with van der Waals surface area (Å²) < 4.78 is 32.1. The van der Waals surface area contributed by atoms with Crippen LogP contribution in [0.4, 0.5) is 0 Å². The molecule has 108 valence electrons. The van der Waals surface area contributed by atoms with Gasteiger partial charge >= 0.3 is 0 Å². The van der Waals surface area contributed by atoms with Gasteiger partial charge in [0.2, 0.25) is 10.0 Å². The van der Waals surface area contributed by atoms with Crippen molar-refractivity contribution in [1.29, 1.82) is 0 Å². The second-order valence-corrected chi connectivity index (χ2v) is 6.19. The van der Waals surface area contributed by atoms with E-state index in [4.69, 9.17) is 10.5 Å². The van der Waals surface area contributed by atoms with E-state index in [1.165, 1.54) is 0 Å². The van der Waals surface area contributed by atoms with Crippen LogP contribution < -0.4 is 10.5 Å². The van der Waals surface area contributed by atoms with E-state index in [1.807, 2.05) is 13.8 Å². The Morgan fingerprint density at radius 3 is 2.63 bits per heavy atom. The van der Waals surface area contributed by atoms with E-state index in [2.05, 4.69) is 4.72 Å². The Labute approximate surface area is 115 Å². The van der Waals surface area contributed by atoms with Gasteiger partial charge in [-0.1, -0.05) is 6.07 Å². The fraction of sp³-hybridized carbons (Fsp3) is 0.538. The van der Waals surface area contributed by atoms with Crippen LogP contribution in [0, 0.1) is 6.92 Å². The molecule has 5 nitrogen and oxygen atoms in total. The first-order chi connectivity index (χ1) is 8.90. The molecule has 0 aliphatic rings. The minimum Gasteiger partial charge on any atom is -0.380 e. The van der Waals surface area contributed by atoms with Crippen molar-refractivity contribution in [3.05, 3.63) is 29.3 Å². The summed E-state index contributed by atoms with van der Waals surface area (Å²) in [7, 11) is -3.51. The molecule has 6 heteroatoms. The standard InChI is InChI=1S/C13H22N2O3S/c1-4-18-9-11(3)15-19(16,17)13-6-5-12(8-14)10(2)7-13/h5-7,11,15H,4,8-9,14H2,1-3H3. The average Bonchev–Trinajstić information content (AvgIpc) is 2.35. The number of benzene rings is 1. The van der Waals surface area contributed by atoms with Crippen LogP contribution in [0.5, 0.6) is 0 Å². The molecule has 0 radical (unpaired) electrons. The van der Waals surface area contributed by atoms with E-state index in [-0.39, 0.29) is 10.9 Å². The minimum atomic E-state index is -3.51. The minimum absolute atomic E-state index is 0.255. The highest BCUT2D eigenvalue weighted by Gasteiger charge is 2.17. The van der Waals surface area contributed by atoms with Gasteiger partial charge in [-0.2, -0.15) is 0 Å². The maximum absolute atomic E-state index is 12.2. The van der Waals surface area contributed by atoms with Crippen LogP contribution in [0.1, 0.15) is 25.0 Å². The number of sulfonamides is 1. The molecule has 1 unspecified atom stereocenters. The highest BCUT2D eigenvalue weighted by atomic mass is 32.2. The maximum Gasteiger partial charge on any atom is 0.240 e. The Morgan fingerprint density at radius 1 is 1.42 bits per heavy atom. The number of nitrogens with two attached hydrogens (primary N) is 1. The number of hydrogen-bond acceptors (Lipinski definition) is 4. The van der Waals surface area contributed by atoms with Crippen LogP contribution in [0.2, 0.25) is 0 Å². The normalized spacial score (nSPS) is 13.5. The first-order valence-corrected chi connectivity index (χ1v) is 7.78. The van der Waals surface area contributed by atoms with Crippen LogP contribution in [0.3, 0.4) is 0 Å². The summed E-state index contributed by atoms with van der Waals surface area (Å²) in [5.74, 6) is 0. The monoisotopic (exact) mass is 286 g/mol. The van der Waals surface area contributed by atoms with Gasteiger partial charge in [0.25, 0.3) is 0 Å². The first kappa shape index (κ1) is 16.1. The van der Waals surface area contributed by atoms with Gasteiger partial charge in [0, 0.05) is 19.2 Å². The molecular formula is C13H22N2O3S. The van der Waals surface area contributed by atoms with E-state index in [9.17, 15) is 8.42 Å². The third-order valence-corrected chi connectivity index (χ3v) is 4.36. The van der Waals surface area contributed by atoms with Gasteiger partial charge in [-0.3, -0.25) is 0 Å². The molecule has 1 atom stereocenters. The molecule has 1 aromatic rings. The summed E-state index contributed by atoms with van der Waals surface area (Å²) in [4.78, 5) is 0.255. The van der Waals surface area contributed by atoms with Crippen molar-refractivity contribution < 1.29 is 13.2 Å². The summed E-state index contributed by atoms with van der Waals surface area (Å²) in [6.45, 7) is 6.82. The molecule has 0 aliphatic carbocycles. The first-order valence-electron chi connectivity index (χ1n) is 6.30. The van der Waals surface area contributed by atoms with Crippen molar-refractivity contribution in [2.75, 3.05) is 13.2 Å². The van der Waals surface area contributed by atoms with Gasteiger partial charge in [0.1, 0.15) is 0 Å². The molecular weight excluding hydrogens is 264 g/mol. The fourth-order valence-electron chi connectivity index (χ4n) is 1.73. The van der Waals surface area contributed by atoms with Crippen molar-refractivity contribution in [3.8, 4) is 0 Å². The van der Waals surface area contributed by atoms with E-state index in [0.717, 1.165) is 11.1 Å². The van der Waals surface area contributed by atoms with E-state index < -0.39 is 10.0 Å². The van der Waals surface area contributed by atoms with Crippen LogP contribution in [0.15, 0.2) is 23.1 Å². The molecule has 0 spiro atoms. The molecule has 0 aliphatic heterocycles. The Kier molecular flexibility index (Phi) is 5.93. The van der Waals surface area contributed by atoms with Crippen LogP contribution in [-0.2, 0) is 21.3 Å². The second-order valence-electron chi connectivity index (χ2n) is 4.47. The maximum atomic E-state index is 12.2. The summed E-state index contributed by atoms with van der Waals surface area (Å²) in [6, 6.07) is 4.69. The predicted octanol–water partition coefficient (Wildman–Crippen LogP) is 1.16. The zero-order valence-corrected chi connectivity index (χ0v) is 12.5. The summed E-state index contributed by atoms with van der Waals surface area (Å²) in [6.07, 6.45) is 0. The number of nitrogens with one attached hydrogen (secondary N) is 1. The highest BCUT2D eigenvalue weighted by Crippen LogP contribution is 2.15. The molecule has 0 heterocycles. The third kappa shape index (κ3) is 4.58. The largest absolute Gasteiger partial charge is 0.380 e. The van der Waals surface area contributed by atoms with Crippen molar-refractivity contribution in [3.63, 3.8) is 0 Å². The number of aryl methyl sites for hydroxylation is 1. The van der Waals surface area contributed by atoms with Crippen LogP contribution in [-0.4, -0.2) is 27.7 Å². The van der Waals surface area contributed by atoms with E-state index >= 15 is 0 Å². The number of ether oxygens (including phenoxy) is 1. The quantitative estimate of drug-likeness (QED) is 0.788. The summed E-state index contributed by atoms with van der Waals surface area (Å²) >= 11 is 0. The molecule has 0 aromatic heterocycles. The zero-order valence-electron chi connectivity index (χ0n) is 11.6. The molecule has 0 bridgehead atoms. The SMILES string of the molecule is CCOCC(C)NS(=O)(=O)c1ccc(CN)c(C)c1. The van der Waals surface area contributed by atoms with Gasteiger partial charge in [-0.15, -0.1) is 0 Å². The Balaban J connectivity index is 2.85. The highest BCUT2D eigenvalue weighted by molar-refractivity contribution is 7.89. The predicted molar refractivity (Wildman–Crippen MR) is 75.3 cm³/mol. The molecule has 19 heavy (non-hydrogen) atoms. The van der Waals surface area contributed by atoms with E-state index in [0.29, 0.717) is 19.8 Å². The smallest absolute Gasteiger partial charge is 0.240 e. The van der Waals surface area contributed by atoms with Crippen molar-refractivity contribution in [2.24, 2.45) is 5.73 Å². The number of rotatable bonds is 7. The van der Waals surface area contributed by atoms with Gasteiger partial charge in [-0.05, 0) is 44.0 Å². The molecule has 0 saturated heterocycles. The topological polar surface area (TPSA) is 81.4 Å².